The van der Waals surface area contributed by atoms with Crippen molar-refractivity contribution in [3.05, 3.63) is 0 Å². The summed E-state index contributed by atoms with van der Waals surface area (Å²) in [7, 11) is 0. The van der Waals surface area contributed by atoms with Gasteiger partial charge in [-0.25, -0.2) is 0 Å². The zero-order valence-corrected chi connectivity index (χ0v) is 9.28. The maximum absolute atomic E-state index is 5.50. The highest BCUT2D eigenvalue weighted by Gasteiger charge is 2.20. The van der Waals surface area contributed by atoms with Crippen molar-refractivity contribution in [2.75, 3.05) is 13.1 Å². The zero-order chi connectivity index (χ0) is 9.68. The summed E-state index contributed by atoms with van der Waals surface area (Å²) in [5, 5.41) is 0. The Morgan fingerprint density at radius 1 is 1.46 bits per heavy atom. The molecule has 0 aromatic carbocycles. The molecule has 1 rings (SSSR count). The number of nitrogens with zero attached hydrogens (tertiary/aromatic N) is 1. The molecule has 0 aromatic heterocycles. The summed E-state index contributed by atoms with van der Waals surface area (Å²) in [4.78, 5) is 3.17. The number of hydrogen-bond donors (Lipinski definition) is 1. The van der Waals surface area contributed by atoms with E-state index in [9.17, 15) is 0 Å². The van der Waals surface area contributed by atoms with Crippen LogP contribution in [0.1, 0.15) is 39.0 Å². The Kier molecular flexibility index (Phi) is 4.67. The Bertz CT molecular complexity index is 164. The molecular weight excluding hydrogens is 180 g/mol. The van der Waals surface area contributed by atoms with E-state index in [1.165, 1.54) is 25.7 Å². The molecule has 1 saturated carbocycles. The summed E-state index contributed by atoms with van der Waals surface area (Å²) in [5.41, 5.74) is 5.50. The molecule has 0 bridgehead atoms. The average molecular weight is 200 g/mol. The van der Waals surface area contributed by atoms with Crippen molar-refractivity contribution in [1.29, 1.82) is 0 Å². The van der Waals surface area contributed by atoms with E-state index in [0.717, 1.165) is 25.6 Å². The molecule has 0 atom stereocenters. The molecule has 1 aliphatic carbocycles. The molecule has 0 aromatic rings. The van der Waals surface area contributed by atoms with Crippen molar-refractivity contribution < 1.29 is 0 Å². The second-order valence-electron chi connectivity index (χ2n) is 3.78. The quantitative estimate of drug-likeness (QED) is 0.688. The lowest BCUT2D eigenvalue weighted by atomic mass is 10.2. The van der Waals surface area contributed by atoms with E-state index in [0.29, 0.717) is 4.99 Å². The average Bonchev–Trinajstić information content (AvgIpc) is 2.58. The molecule has 3 heteroatoms. The molecule has 0 spiro atoms. The molecular formula is C10H20N2S. The maximum Gasteiger partial charge on any atom is 0.0740 e. The SMILES string of the molecule is CCN(CCC(N)=S)C1CCCC1. The monoisotopic (exact) mass is 200 g/mol. The second kappa shape index (κ2) is 5.55. The van der Waals surface area contributed by atoms with Crippen molar-refractivity contribution in [3.8, 4) is 0 Å². The third kappa shape index (κ3) is 3.61. The van der Waals surface area contributed by atoms with Gasteiger partial charge >= 0.3 is 0 Å². The van der Waals surface area contributed by atoms with E-state index < -0.39 is 0 Å². The van der Waals surface area contributed by atoms with E-state index in [4.69, 9.17) is 18.0 Å². The van der Waals surface area contributed by atoms with Crippen molar-refractivity contribution in [1.82, 2.24) is 4.90 Å². The van der Waals surface area contributed by atoms with Crippen LogP contribution >= 0.6 is 12.2 Å². The van der Waals surface area contributed by atoms with Crippen LogP contribution < -0.4 is 5.73 Å². The number of nitrogens with two attached hydrogens (primary N) is 1. The fourth-order valence-corrected chi connectivity index (χ4v) is 2.21. The molecule has 76 valence electrons. The lowest BCUT2D eigenvalue weighted by Crippen LogP contribution is -2.35. The van der Waals surface area contributed by atoms with Crippen LogP contribution in [0.2, 0.25) is 0 Å². The van der Waals surface area contributed by atoms with E-state index in [2.05, 4.69) is 11.8 Å². The minimum absolute atomic E-state index is 0.649. The molecule has 2 nitrogen and oxygen atoms in total. The first-order chi connectivity index (χ1) is 6.24. The summed E-state index contributed by atoms with van der Waals surface area (Å²) >= 11 is 4.89. The fraction of sp³-hybridized carbons (Fsp3) is 0.900. The fourth-order valence-electron chi connectivity index (χ4n) is 2.12. The number of rotatable bonds is 5. The maximum atomic E-state index is 5.50. The molecule has 1 fully saturated rings. The third-order valence-corrected chi connectivity index (χ3v) is 3.10. The van der Waals surface area contributed by atoms with Crippen LogP contribution in [0.25, 0.3) is 0 Å². The standard InChI is InChI=1S/C10H20N2S/c1-2-12(8-7-10(11)13)9-5-3-4-6-9/h9H,2-8H2,1H3,(H2,11,13). The van der Waals surface area contributed by atoms with Gasteiger partial charge in [0, 0.05) is 19.0 Å². The molecule has 0 aliphatic heterocycles. The van der Waals surface area contributed by atoms with Gasteiger partial charge in [-0.15, -0.1) is 0 Å². The molecule has 0 heterocycles. The minimum atomic E-state index is 0.649. The summed E-state index contributed by atoms with van der Waals surface area (Å²) in [6, 6.07) is 0.805. The van der Waals surface area contributed by atoms with E-state index in [1.807, 2.05) is 0 Å². The topological polar surface area (TPSA) is 29.3 Å². The molecule has 0 radical (unpaired) electrons. The Hall–Kier alpha value is -0.150. The van der Waals surface area contributed by atoms with E-state index >= 15 is 0 Å². The predicted molar refractivity (Wildman–Crippen MR) is 60.9 cm³/mol. The minimum Gasteiger partial charge on any atom is -0.393 e. The van der Waals surface area contributed by atoms with Crippen molar-refractivity contribution in [2.24, 2.45) is 5.73 Å². The van der Waals surface area contributed by atoms with Gasteiger partial charge in [0.25, 0.3) is 0 Å². The van der Waals surface area contributed by atoms with Gasteiger partial charge in [-0.1, -0.05) is 32.0 Å². The van der Waals surface area contributed by atoms with Crippen LogP contribution in [-0.2, 0) is 0 Å². The van der Waals surface area contributed by atoms with Gasteiger partial charge in [-0.3, -0.25) is 0 Å². The van der Waals surface area contributed by atoms with Gasteiger partial charge in [-0.05, 0) is 19.4 Å². The highest BCUT2D eigenvalue weighted by atomic mass is 32.1. The predicted octanol–water partition coefficient (Wildman–Crippen LogP) is 1.93. The molecule has 2 N–H and O–H groups in total. The van der Waals surface area contributed by atoms with Gasteiger partial charge in [-0.2, -0.15) is 0 Å². The van der Waals surface area contributed by atoms with Crippen molar-refractivity contribution >= 4 is 17.2 Å². The van der Waals surface area contributed by atoms with Crippen LogP contribution in [0.4, 0.5) is 0 Å². The Labute approximate surface area is 86.5 Å². The summed E-state index contributed by atoms with van der Waals surface area (Å²) in [5.74, 6) is 0. The van der Waals surface area contributed by atoms with Crippen LogP contribution in [0.5, 0.6) is 0 Å². The second-order valence-corrected chi connectivity index (χ2v) is 4.31. The molecule has 0 unspecified atom stereocenters. The van der Waals surface area contributed by atoms with Gasteiger partial charge in [0.1, 0.15) is 0 Å². The molecule has 0 saturated heterocycles. The normalized spacial score (nSPS) is 18.3. The number of hydrogen-bond acceptors (Lipinski definition) is 2. The van der Waals surface area contributed by atoms with Crippen LogP contribution in [0.15, 0.2) is 0 Å². The highest BCUT2D eigenvalue weighted by molar-refractivity contribution is 7.80. The van der Waals surface area contributed by atoms with Crippen molar-refractivity contribution in [2.45, 2.75) is 45.1 Å². The Balaban J connectivity index is 2.28. The van der Waals surface area contributed by atoms with Gasteiger partial charge in [0.05, 0.1) is 4.99 Å². The largest absolute Gasteiger partial charge is 0.393 e. The third-order valence-electron chi connectivity index (χ3n) is 2.89. The Morgan fingerprint density at radius 3 is 2.54 bits per heavy atom. The first-order valence-electron chi connectivity index (χ1n) is 5.26. The van der Waals surface area contributed by atoms with Gasteiger partial charge in [0.15, 0.2) is 0 Å². The van der Waals surface area contributed by atoms with Gasteiger partial charge < -0.3 is 10.6 Å². The summed E-state index contributed by atoms with van der Waals surface area (Å²) in [6.07, 6.45) is 6.40. The lowest BCUT2D eigenvalue weighted by molar-refractivity contribution is 0.215. The smallest absolute Gasteiger partial charge is 0.0740 e. The van der Waals surface area contributed by atoms with E-state index in [-0.39, 0.29) is 0 Å². The number of thiocarbonyl (C=S) groups is 1. The van der Waals surface area contributed by atoms with Crippen LogP contribution in [0.3, 0.4) is 0 Å². The first kappa shape index (κ1) is 10.9. The van der Waals surface area contributed by atoms with Gasteiger partial charge in [0.2, 0.25) is 0 Å². The first-order valence-corrected chi connectivity index (χ1v) is 5.67. The summed E-state index contributed by atoms with van der Waals surface area (Å²) < 4.78 is 0. The van der Waals surface area contributed by atoms with Crippen LogP contribution in [0, 0.1) is 0 Å². The highest BCUT2D eigenvalue weighted by Crippen LogP contribution is 2.23. The van der Waals surface area contributed by atoms with E-state index in [1.54, 1.807) is 0 Å². The zero-order valence-electron chi connectivity index (χ0n) is 8.46. The molecule has 1 aliphatic rings. The molecule has 13 heavy (non-hydrogen) atoms. The molecule has 0 amide bonds. The van der Waals surface area contributed by atoms with Crippen LogP contribution in [-0.4, -0.2) is 29.0 Å². The lowest BCUT2D eigenvalue weighted by Gasteiger charge is -2.26. The summed E-state index contributed by atoms with van der Waals surface area (Å²) in [6.45, 7) is 4.40. The Morgan fingerprint density at radius 2 is 2.08 bits per heavy atom. The van der Waals surface area contributed by atoms with Crippen molar-refractivity contribution in [3.63, 3.8) is 0 Å².